The molecule has 5 nitrogen and oxygen atoms in total. The van der Waals surface area contributed by atoms with Crippen LogP contribution in [0.2, 0.25) is 5.15 Å². The molecule has 1 heterocycles. The van der Waals surface area contributed by atoms with Crippen LogP contribution in [0.15, 0.2) is 12.3 Å². The first kappa shape index (κ1) is 11.4. The predicted octanol–water partition coefficient (Wildman–Crippen LogP) is 0.521. The summed E-state index contributed by atoms with van der Waals surface area (Å²) in [5.74, 6) is -0.116. The zero-order valence-corrected chi connectivity index (χ0v) is 9.38. The fourth-order valence-corrected chi connectivity index (χ4v) is 1.82. The highest BCUT2D eigenvalue weighted by atomic mass is 35.5. The maximum Gasteiger partial charge on any atom is 0.217 e. The summed E-state index contributed by atoms with van der Waals surface area (Å²) in [6.07, 6.45) is 1.38. The summed E-state index contributed by atoms with van der Waals surface area (Å²) >= 11 is 5.57. The standard InChI is InChI=1S/C7H10ClN3O2S/c1-11(2)14(12,13)5-6-3-7(8)10-9-4-6/h3-4H,5H2,1-2H3. The zero-order valence-electron chi connectivity index (χ0n) is 7.81. The lowest BCUT2D eigenvalue weighted by atomic mass is 10.4. The van der Waals surface area contributed by atoms with Gasteiger partial charge < -0.3 is 0 Å². The van der Waals surface area contributed by atoms with Gasteiger partial charge in [0.2, 0.25) is 10.0 Å². The molecule has 0 unspecified atom stereocenters. The number of hydrogen-bond donors (Lipinski definition) is 0. The highest BCUT2D eigenvalue weighted by Crippen LogP contribution is 2.10. The summed E-state index contributed by atoms with van der Waals surface area (Å²) < 4.78 is 24.0. The van der Waals surface area contributed by atoms with E-state index in [0.29, 0.717) is 5.56 Å². The molecule has 7 heteroatoms. The Labute approximate surface area is 87.8 Å². The normalized spacial score (nSPS) is 12.0. The van der Waals surface area contributed by atoms with Crippen molar-refractivity contribution in [3.8, 4) is 0 Å². The summed E-state index contributed by atoms with van der Waals surface area (Å²) in [5.41, 5.74) is 0.527. The summed E-state index contributed by atoms with van der Waals surface area (Å²) in [5, 5.41) is 7.28. The second-order valence-corrected chi connectivity index (χ2v) is 5.50. The molecular weight excluding hydrogens is 226 g/mol. The average molecular weight is 236 g/mol. The fourth-order valence-electron chi connectivity index (χ4n) is 0.796. The number of aromatic nitrogens is 2. The van der Waals surface area contributed by atoms with Gasteiger partial charge in [-0.05, 0) is 11.6 Å². The molecule has 1 rings (SSSR count). The smallest absolute Gasteiger partial charge is 0.212 e. The summed E-state index contributed by atoms with van der Waals surface area (Å²) in [7, 11) is -0.306. The Balaban J connectivity index is 2.90. The van der Waals surface area contributed by atoms with Gasteiger partial charge in [0.15, 0.2) is 5.15 Å². The summed E-state index contributed by atoms with van der Waals surface area (Å²) in [6, 6.07) is 1.48. The molecule has 0 aliphatic rings. The van der Waals surface area contributed by atoms with E-state index in [4.69, 9.17) is 11.6 Å². The highest BCUT2D eigenvalue weighted by molar-refractivity contribution is 7.88. The van der Waals surface area contributed by atoms with Gasteiger partial charge in [0.25, 0.3) is 0 Å². The molecule has 1 aromatic heterocycles. The Hall–Kier alpha value is -0.720. The minimum Gasteiger partial charge on any atom is -0.212 e. The van der Waals surface area contributed by atoms with Gasteiger partial charge in [-0.15, -0.1) is 5.10 Å². The number of rotatable bonds is 3. The lowest BCUT2D eigenvalue weighted by molar-refractivity contribution is 0.519. The van der Waals surface area contributed by atoms with E-state index < -0.39 is 10.0 Å². The molecule has 0 aliphatic carbocycles. The Morgan fingerprint density at radius 2 is 2.14 bits per heavy atom. The molecule has 78 valence electrons. The monoisotopic (exact) mass is 235 g/mol. The van der Waals surface area contributed by atoms with Gasteiger partial charge in [0.05, 0.1) is 11.9 Å². The Bertz CT molecular complexity index is 419. The summed E-state index contributed by atoms with van der Waals surface area (Å²) in [6.45, 7) is 0. The quantitative estimate of drug-likeness (QED) is 0.766. The van der Waals surface area contributed by atoms with Crippen molar-refractivity contribution in [2.45, 2.75) is 5.75 Å². The van der Waals surface area contributed by atoms with E-state index in [-0.39, 0.29) is 10.9 Å². The molecule has 0 saturated heterocycles. The van der Waals surface area contributed by atoms with Gasteiger partial charge in [-0.3, -0.25) is 0 Å². The van der Waals surface area contributed by atoms with Gasteiger partial charge in [0.1, 0.15) is 0 Å². The van der Waals surface area contributed by atoms with Crippen LogP contribution in [-0.4, -0.2) is 37.0 Å². The van der Waals surface area contributed by atoms with Crippen molar-refractivity contribution in [1.82, 2.24) is 14.5 Å². The number of nitrogens with zero attached hydrogens (tertiary/aromatic N) is 3. The second kappa shape index (κ2) is 4.20. The van der Waals surface area contributed by atoms with E-state index >= 15 is 0 Å². The largest absolute Gasteiger partial charge is 0.217 e. The lowest BCUT2D eigenvalue weighted by Crippen LogP contribution is -2.23. The SMILES string of the molecule is CN(C)S(=O)(=O)Cc1cnnc(Cl)c1. The van der Waals surface area contributed by atoms with Gasteiger partial charge in [-0.25, -0.2) is 12.7 Å². The summed E-state index contributed by atoms with van der Waals surface area (Å²) in [4.78, 5) is 0. The first-order valence-corrected chi connectivity index (χ1v) is 5.78. The van der Waals surface area contributed by atoms with Gasteiger partial charge in [-0.1, -0.05) is 11.6 Å². The van der Waals surface area contributed by atoms with E-state index in [1.54, 1.807) is 0 Å². The minimum absolute atomic E-state index is 0.116. The van der Waals surface area contributed by atoms with Crippen LogP contribution in [0.4, 0.5) is 0 Å². The van der Waals surface area contributed by atoms with Crippen LogP contribution in [0, 0.1) is 0 Å². The third-order valence-corrected chi connectivity index (χ3v) is 3.58. The van der Waals surface area contributed by atoms with Crippen LogP contribution in [0.25, 0.3) is 0 Å². The molecule has 0 radical (unpaired) electrons. The maximum absolute atomic E-state index is 11.4. The Morgan fingerprint density at radius 3 is 2.64 bits per heavy atom. The van der Waals surface area contributed by atoms with E-state index in [1.165, 1.54) is 26.4 Å². The van der Waals surface area contributed by atoms with E-state index in [2.05, 4.69) is 10.2 Å². The van der Waals surface area contributed by atoms with E-state index in [9.17, 15) is 8.42 Å². The average Bonchev–Trinajstić information content (AvgIpc) is 2.02. The molecular formula is C7H10ClN3O2S. The molecule has 0 fully saturated rings. The van der Waals surface area contributed by atoms with Crippen molar-refractivity contribution in [1.29, 1.82) is 0 Å². The molecule has 0 saturated carbocycles. The molecule has 0 atom stereocenters. The molecule has 14 heavy (non-hydrogen) atoms. The first-order valence-electron chi connectivity index (χ1n) is 3.79. The molecule has 0 aromatic carbocycles. The molecule has 0 amide bonds. The molecule has 0 N–H and O–H groups in total. The van der Waals surface area contributed by atoms with E-state index in [0.717, 1.165) is 4.31 Å². The van der Waals surface area contributed by atoms with Crippen LogP contribution < -0.4 is 0 Å². The van der Waals surface area contributed by atoms with Crippen LogP contribution in [0.1, 0.15) is 5.56 Å². The topological polar surface area (TPSA) is 63.2 Å². The van der Waals surface area contributed by atoms with Crippen LogP contribution >= 0.6 is 11.6 Å². The van der Waals surface area contributed by atoms with Gasteiger partial charge in [-0.2, -0.15) is 5.10 Å². The maximum atomic E-state index is 11.4. The first-order chi connectivity index (χ1) is 6.42. The lowest BCUT2D eigenvalue weighted by Gasteiger charge is -2.10. The van der Waals surface area contributed by atoms with Crippen molar-refractivity contribution in [2.24, 2.45) is 0 Å². The third kappa shape index (κ3) is 2.90. The highest BCUT2D eigenvalue weighted by Gasteiger charge is 2.14. The van der Waals surface area contributed by atoms with Crippen LogP contribution in [0.3, 0.4) is 0 Å². The van der Waals surface area contributed by atoms with Gasteiger partial charge in [0, 0.05) is 14.1 Å². The van der Waals surface area contributed by atoms with Crippen LogP contribution in [-0.2, 0) is 15.8 Å². The Kier molecular flexibility index (Phi) is 3.41. The molecule has 0 bridgehead atoms. The van der Waals surface area contributed by atoms with Gasteiger partial charge >= 0.3 is 0 Å². The number of hydrogen-bond acceptors (Lipinski definition) is 4. The number of sulfonamides is 1. The second-order valence-electron chi connectivity index (χ2n) is 2.93. The zero-order chi connectivity index (χ0) is 10.8. The molecule has 0 aliphatic heterocycles. The molecule has 1 aromatic rings. The Morgan fingerprint density at radius 1 is 1.50 bits per heavy atom. The minimum atomic E-state index is -3.26. The third-order valence-electron chi connectivity index (χ3n) is 1.59. The van der Waals surface area contributed by atoms with Crippen molar-refractivity contribution >= 4 is 21.6 Å². The number of halogens is 1. The van der Waals surface area contributed by atoms with Crippen molar-refractivity contribution in [3.05, 3.63) is 23.0 Å². The molecule has 0 spiro atoms. The van der Waals surface area contributed by atoms with Crippen LogP contribution in [0.5, 0.6) is 0 Å². The van der Waals surface area contributed by atoms with Crippen molar-refractivity contribution in [2.75, 3.05) is 14.1 Å². The fraction of sp³-hybridized carbons (Fsp3) is 0.429. The van der Waals surface area contributed by atoms with E-state index in [1.807, 2.05) is 0 Å². The van der Waals surface area contributed by atoms with Crippen molar-refractivity contribution in [3.63, 3.8) is 0 Å². The predicted molar refractivity (Wildman–Crippen MR) is 53.4 cm³/mol. The van der Waals surface area contributed by atoms with Crippen molar-refractivity contribution < 1.29 is 8.42 Å².